The highest BCUT2D eigenvalue weighted by Gasteiger charge is 2.00. The summed E-state index contributed by atoms with van der Waals surface area (Å²) in [5.41, 5.74) is 0. The van der Waals surface area contributed by atoms with Gasteiger partial charge in [-0.15, -0.1) is 0 Å². The summed E-state index contributed by atoms with van der Waals surface area (Å²) in [5.74, 6) is -0.185. The summed E-state index contributed by atoms with van der Waals surface area (Å²) in [4.78, 5) is 15.4. The minimum Gasteiger partial charge on any atom is -0.469 e. The first-order valence-electron chi connectivity index (χ1n) is 9.24. The van der Waals surface area contributed by atoms with Crippen molar-refractivity contribution < 1.29 is 19.7 Å². The number of hydrogen-bond donors (Lipinski definition) is 1. The topological polar surface area (TPSA) is 55.8 Å². The molecule has 0 spiro atoms. The van der Waals surface area contributed by atoms with Crippen LogP contribution in [0, 0.1) is 0 Å². The fourth-order valence-electron chi connectivity index (χ4n) is 2.12. The van der Waals surface area contributed by atoms with Crippen molar-refractivity contribution in [3.63, 3.8) is 0 Å². The maximum absolute atomic E-state index is 11.0. The molecule has 0 aliphatic carbocycles. The fourth-order valence-corrected chi connectivity index (χ4v) is 2.12. The van der Waals surface area contributed by atoms with Gasteiger partial charge in [0.25, 0.3) is 0 Å². The van der Waals surface area contributed by atoms with Crippen LogP contribution in [0.4, 0.5) is 0 Å². The molecule has 0 saturated carbocycles. The highest BCUT2D eigenvalue weighted by molar-refractivity contribution is 5.69. The summed E-state index contributed by atoms with van der Waals surface area (Å²) in [5, 5.41) is 8.90. The van der Waals surface area contributed by atoms with Crippen molar-refractivity contribution in [2.24, 2.45) is 0 Å². The average molecular weight is 350 g/mol. The minimum atomic E-state index is -0.355. The number of carbonyl (C=O) groups excluding carboxylic acids is 1. The third kappa shape index (κ3) is 17.0. The van der Waals surface area contributed by atoms with Crippen molar-refractivity contribution in [2.75, 3.05) is 7.11 Å². The zero-order chi connectivity index (χ0) is 18.6. The Morgan fingerprint density at radius 1 is 1.00 bits per heavy atom. The van der Waals surface area contributed by atoms with Crippen molar-refractivity contribution in [3.8, 4) is 0 Å². The second kappa shape index (κ2) is 18.7. The lowest BCUT2D eigenvalue weighted by molar-refractivity contribution is -0.264. The molecule has 0 bridgehead atoms. The first-order chi connectivity index (χ1) is 12.2. The van der Waals surface area contributed by atoms with Crippen LogP contribution in [0.15, 0.2) is 48.6 Å². The van der Waals surface area contributed by atoms with E-state index in [-0.39, 0.29) is 12.1 Å². The van der Waals surface area contributed by atoms with E-state index >= 15 is 0 Å². The Kier molecular flexibility index (Phi) is 17.5. The molecule has 0 aromatic carbocycles. The standard InChI is InChI=1S/C21H34O4/c1-3-4-5-6-7-8-9-10-11-14-17-20(25-23)18-15-12-13-16-19-21(22)24-2/h7-8,10-12,14-15,17,20,23H,3-6,9,13,16,18-19H2,1-2H3/b8-7-,11-10-,15-12-,17-14+. The molecule has 1 N–H and O–H groups in total. The molecule has 0 aliphatic heterocycles. The van der Waals surface area contributed by atoms with Gasteiger partial charge in [-0.3, -0.25) is 10.1 Å². The van der Waals surface area contributed by atoms with Crippen LogP contribution in [-0.4, -0.2) is 24.4 Å². The summed E-state index contributed by atoms with van der Waals surface area (Å²) in [6, 6.07) is 0. The summed E-state index contributed by atoms with van der Waals surface area (Å²) >= 11 is 0. The lowest BCUT2D eigenvalue weighted by Crippen LogP contribution is -2.05. The van der Waals surface area contributed by atoms with Crippen LogP contribution in [-0.2, 0) is 14.4 Å². The molecule has 0 aromatic rings. The molecule has 4 nitrogen and oxygen atoms in total. The number of unbranched alkanes of at least 4 members (excludes halogenated alkanes) is 4. The molecule has 0 aliphatic rings. The van der Waals surface area contributed by atoms with Gasteiger partial charge < -0.3 is 4.74 Å². The predicted octanol–water partition coefficient (Wildman–Crippen LogP) is 5.77. The third-order valence-electron chi connectivity index (χ3n) is 3.64. The molecule has 0 amide bonds. The van der Waals surface area contributed by atoms with Gasteiger partial charge in [0.05, 0.1) is 7.11 Å². The molecule has 4 heteroatoms. The Bertz CT molecular complexity index is 422. The fraction of sp³-hybridized carbons (Fsp3) is 0.571. The van der Waals surface area contributed by atoms with Crippen molar-refractivity contribution in [3.05, 3.63) is 48.6 Å². The van der Waals surface area contributed by atoms with Gasteiger partial charge in [0.1, 0.15) is 6.10 Å². The summed E-state index contributed by atoms with van der Waals surface area (Å²) in [6.07, 6.45) is 24.2. The van der Waals surface area contributed by atoms with Crippen molar-refractivity contribution in [2.45, 2.75) is 70.8 Å². The molecule has 1 atom stereocenters. The molecule has 0 saturated heterocycles. The van der Waals surface area contributed by atoms with Crippen molar-refractivity contribution in [1.29, 1.82) is 0 Å². The second-order valence-electron chi connectivity index (χ2n) is 5.84. The van der Waals surface area contributed by atoms with E-state index in [0.717, 1.165) is 25.7 Å². The molecule has 0 rings (SSSR count). The molecule has 142 valence electrons. The summed E-state index contributed by atoms with van der Waals surface area (Å²) < 4.78 is 4.58. The van der Waals surface area contributed by atoms with E-state index in [4.69, 9.17) is 5.26 Å². The molecule has 0 heterocycles. The van der Waals surface area contributed by atoms with Gasteiger partial charge in [-0.1, -0.05) is 68.4 Å². The molecule has 0 radical (unpaired) electrons. The van der Waals surface area contributed by atoms with Gasteiger partial charge in [-0.25, -0.2) is 4.89 Å². The smallest absolute Gasteiger partial charge is 0.305 e. The van der Waals surface area contributed by atoms with Gasteiger partial charge in [0.2, 0.25) is 0 Å². The van der Waals surface area contributed by atoms with Gasteiger partial charge in [-0.2, -0.15) is 0 Å². The van der Waals surface area contributed by atoms with Gasteiger partial charge in [0.15, 0.2) is 0 Å². The van der Waals surface area contributed by atoms with Crippen LogP contribution in [0.1, 0.15) is 64.7 Å². The minimum absolute atomic E-state index is 0.185. The Balaban J connectivity index is 3.82. The Hall–Kier alpha value is -1.65. The van der Waals surface area contributed by atoms with E-state index in [0.29, 0.717) is 12.8 Å². The van der Waals surface area contributed by atoms with Crippen LogP contribution in [0.5, 0.6) is 0 Å². The van der Waals surface area contributed by atoms with Gasteiger partial charge >= 0.3 is 5.97 Å². The van der Waals surface area contributed by atoms with Crippen LogP contribution in [0.25, 0.3) is 0 Å². The number of carbonyl (C=O) groups is 1. The van der Waals surface area contributed by atoms with Crippen LogP contribution in [0.2, 0.25) is 0 Å². The van der Waals surface area contributed by atoms with E-state index in [1.165, 1.54) is 26.4 Å². The first-order valence-corrected chi connectivity index (χ1v) is 9.24. The largest absolute Gasteiger partial charge is 0.469 e. The van der Waals surface area contributed by atoms with E-state index < -0.39 is 0 Å². The van der Waals surface area contributed by atoms with Crippen molar-refractivity contribution >= 4 is 5.97 Å². The number of hydrogen-bond acceptors (Lipinski definition) is 4. The zero-order valence-electron chi connectivity index (χ0n) is 15.7. The molecule has 1 unspecified atom stereocenters. The maximum Gasteiger partial charge on any atom is 0.305 e. The van der Waals surface area contributed by atoms with Gasteiger partial charge in [0, 0.05) is 6.42 Å². The quantitative estimate of drug-likeness (QED) is 0.102. The number of methoxy groups -OCH3 is 1. The molecular formula is C21H34O4. The zero-order valence-corrected chi connectivity index (χ0v) is 15.7. The monoisotopic (exact) mass is 350 g/mol. The van der Waals surface area contributed by atoms with E-state index in [2.05, 4.69) is 34.8 Å². The highest BCUT2D eigenvalue weighted by atomic mass is 17.1. The van der Waals surface area contributed by atoms with Crippen LogP contribution in [0.3, 0.4) is 0 Å². The molecule has 0 aromatic heterocycles. The number of allylic oxidation sites excluding steroid dienone is 6. The number of ether oxygens (including phenoxy) is 1. The Morgan fingerprint density at radius 2 is 1.76 bits per heavy atom. The van der Waals surface area contributed by atoms with Crippen LogP contribution >= 0.6 is 0 Å². The summed E-state index contributed by atoms with van der Waals surface area (Å²) in [6.45, 7) is 2.21. The third-order valence-corrected chi connectivity index (χ3v) is 3.64. The number of esters is 1. The summed E-state index contributed by atoms with van der Waals surface area (Å²) in [7, 11) is 1.39. The van der Waals surface area contributed by atoms with Gasteiger partial charge in [-0.05, 0) is 38.5 Å². The number of rotatable bonds is 15. The highest BCUT2D eigenvalue weighted by Crippen LogP contribution is 2.04. The molecule has 0 fully saturated rings. The van der Waals surface area contributed by atoms with E-state index in [9.17, 15) is 4.79 Å². The van der Waals surface area contributed by atoms with E-state index in [1.54, 1.807) is 0 Å². The lowest BCUT2D eigenvalue weighted by atomic mass is 10.1. The predicted molar refractivity (Wildman–Crippen MR) is 103 cm³/mol. The SMILES string of the molecule is CCCCC/C=C\C/C=C\C=C\C(C/C=C\CCCC(=O)OC)OO. The first kappa shape index (κ1) is 23.4. The van der Waals surface area contributed by atoms with Crippen molar-refractivity contribution in [1.82, 2.24) is 0 Å². The lowest BCUT2D eigenvalue weighted by Gasteiger charge is -2.04. The normalized spacial score (nSPS) is 13.6. The Labute approximate surface area is 152 Å². The average Bonchev–Trinajstić information content (AvgIpc) is 2.63. The maximum atomic E-state index is 11.0. The van der Waals surface area contributed by atoms with Crippen LogP contribution < -0.4 is 0 Å². The Morgan fingerprint density at radius 3 is 2.48 bits per heavy atom. The second-order valence-corrected chi connectivity index (χ2v) is 5.84. The molecule has 25 heavy (non-hydrogen) atoms. The molecular weight excluding hydrogens is 316 g/mol. The van der Waals surface area contributed by atoms with E-state index in [1.807, 2.05) is 30.4 Å².